The van der Waals surface area contributed by atoms with Crippen molar-refractivity contribution in [3.8, 4) is 0 Å². The van der Waals surface area contributed by atoms with Gasteiger partial charge in [0.05, 0.1) is 23.3 Å². The number of carboxylic acids is 1. The SMILES string of the molecule is CN1C(=O)C[C@@H](NC(=O)NCc2ccc(C(=O)O)cc2)[C@@H]1c1ccnn1C. The summed E-state index contributed by atoms with van der Waals surface area (Å²) < 4.78 is 1.69. The maximum atomic E-state index is 12.3. The molecule has 2 heterocycles. The largest absolute Gasteiger partial charge is 0.478 e. The van der Waals surface area contributed by atoms with Crippen molar-refractivity contribution in [2.24, 2.45) is 7.05 Å². The molecule has 0 aliphatic carbocycles. The summed E-state index contributed by atoms with van der Waals surface area (Å²) in [7, 11) is 3.51. The number of likely N-dealkylation sites (tertiary alicyclic amines) is 1. The Hall–Kier alpha value is -3.36. The Kier molecular flexibility index (Phi) is 5.11. The summed E-state index contributed by atoms with van der Waals surface area (Å²) in [5.74, 6) is -1.04. The van der Waals surface area contributed by atoms with Crippen LogP contribution in [0.3, 0.4) is 0 Å². The molecular weight excluding hydrogens is 350 g/mol. The molecule has 2 aromatic rings. The lowest BCUT2D eigenvalue weighted by atomic mass is 10.1. The number of urea groups is 1. The van der Waals surface area contributed by atoms with Crippen LogP contribution < -0.4 is 10.6 Å². The number of nitrogens with zero attached hydrogens (tertiary/aromatic N) is 3. The number of hydrogen-bond acceptors (Lipinski definition) is 4. The molecule has 0 unspecified atom stereocenters. The van der Waals surface area contributed by atoms with Gasteiger partial charge in [-0.15, -0.1) is 0 Å². The van der Waals surface area contributed by atoms with Crippen LogP contribution in [0, 0.1) is 0 Å². The fourth-order valence-electron chi connectivity index (χ4n) is 3.24. The lowest BCUT2D eigenvalue weighted by molar-refractivity contribution is -0.127. The number of aryl methyl sites for hydroxylation is 1. The third kappa shape index (κ3) is 3.91. The zero-order chi connectivity index (χ0) is 19.6. The molecule has 0 radical (unpaired) electrons. The third-order valence-electron chi connectivity index (χ3n) is 4.72. The van der Waals surface area contributed by atoms with Crippen molar-refractivity contribution in [1.82, 2.24) is 25.3 Å². The Morgan fingerprint density at radius 1 is 1.22 bits per heavy atom. The van der Waals surface area contributed by atoms with Gasteiger partial charge in [0.2, 0.25) is 5.91 Å². The van der Waals surface area contributed by atoms with Gasteiger partial charge in [0, 0.05) is 33.3 Å². The summed E-state index contributed by atoms with van der Waals surface area (Å²) in [6.07, 6.45) is 1.87. The van der Waals surface area contributed by atoms with Crippen molar-refractivity contribution in [3.05, 3.63) is 53.3 Å². The maximum Gasteiger partial charge on any atom is 0.335 e. The first kappa shape index (κ1) is 18.4. The number of carbonyl (C=O) groups is 3. The molecule has 1 aliphatic heterocycles. The van der Waals surface area contributed by atoms with Crippen molar-refractivity contribution in [2.75, 3.05) is 7.05 Å². The average molecular weight is 371 g/mol. The van der Waals surface area contributed by atoms with Gasteiger partial charge < -0.3 is 20.6 Å². The Balaban J connectivity index is 1.61. The first-order chi connectivity index (χ1) is 12.9. The van der Waals surface area contributed by atoms with Gasteiger partial charge in [-0.05, 0) is 23.8 Å². The normalized spacial score (nSPS) is 19.2. The summed E-state index contributed by atoms with van der Waals surface area (Å²) in [5.41, 5.74) is 1.81. The minimum atomic E-state index is -0.997. The molecule has 3 rings (SSSR count). The van der Waals surface area contributed by atoms with Gasteiger partial charge in [-0.2, -0.15) is 5.10 Å². The molecule has 1 aromatic carbocycles. The highest BCUT2D eigenvalue weighted by Crippen LogP contribution is 2.31. The highest BCUT2D eigenvalue weighted by atomic mass is 16.4. The molecule has 1 aliphatic rings. The van der Waals surface area contributed by atoms with Gasteiger partial charge in [0.15, 0.2) is 0 Å². The molecule has 9 heteroatoms. The molecule has 3 N–H and O–H groups in total. The quantitative estimate of drug-likeness (QED) is 0.722. The molecule has 142 valence electrons. The van der Waals surface area contributed by atoms with E-state index >= 15 is 0 Å². The van der Waals surface area contributed by atoms with E-state index in [0.29, 0.717) is 0 Å². The van der Waals surface area contributed by atoms with E-state index in [1.807, 2.05) is 6.07 Å². The zero-order valence-corrected chi connectivity index (χ0v) is 15.0. The topological polar surface area (TPSA) is 117 Å². The van der Waals surface area contributed by atoms with Crippen LogP contribution in [0.5, 0.6) is 0 Å². The second-order valence-electron chi connectivity index (χ2n) is 6.47. The number of aromatic carboxylic acids is 1. The van der Waals surface area contributed by atoms with Gasteiger partial charge >= 0.3 is 12.0 Å². The van der Waals surface area contributed by atoms with Crippen molar-refractivity contribution in [1.29, 1.82) is 0 Å². The molecule has 2 atom stereocenters. The van der Waals surface area contributed by atoms with Crippen molar-refractivity contribution in [3.63, 3.8) is 0 Å². The molecule has 0 saturated carbocycles. The van der Waals surface area contributed by atoms with Gasteiger partial charge in [0.1, 0.15) is 0 Å². The van der Waals surface area contributed by atoms with Crippen LogP contribution >= 0.6 is 0 Å². The molecule has 0 spiro atoms. The maximum absolute atomic E-state index is 12.3. The van der Waals surface area contributed by atoms with Crippen LogP contribution in [0.2, 0.25) is 0 Å². The van der Waals surface area contributed by atoms with Crippen LogP contribution in [-0.2, 0) is 18.4 Å². The molecule has 1 aromatic heterocycles. The van der Waals surface area contributed by atoms with Crippen LogP contribution in [0.25, 0.3) is 0 Å². The molecule has 0 bridgehead atoms. The minimum absolute atomic E-state index is 0.0456. The van der Waals surface area contributed by atoms with Crippen molar-refractivity contribution in [2.45, 2.75) is 25.0 Å². The number of aromatic nitrogens is 2. The van der Waals surface area contributed by atoms with Crippen LogP contribution in [-0.4, -0.2) is 50.8 Å². The number of rotatable bonds is 5. The first-order valence-corrected chi connectivity index (χ1v) is 8.47. The Labute approximate surface area is 156 Å². The van der Waals surface area contributed by atoms with Crippen LogP contribution in [0.4, 0.5) is 4.79 Å². The first-order valence-electron chi connectivity index (χ1n) is 8.47. The van der Waals surface area contributed by atoms with E-state index < -0.39 is 12.0 Å². The van der Waals surface area contributed by atoms with Gasteiger partial charge in [-0.3, -0.25) is 9.48 Å². The summed E-state index contributed by atoms with van der Waals surface area (Å²) >= 11 is 0. The number of hydrogen-bond donors (Lipinski definition) is 3. The number of likely N-dealkylation sites (N-methyl/N-ethyl adjacent to an activating group) is 1. The van der Waals surface area contributed by atoms with Gasteiger partial charge in [0.25, 0.3) is 0 Å². The number of amides is 3. The standard InChI is InChI=1S/C18H21N5O4/c1-22-15(24)9-13(16(22)14-7-8-20-23(14)2)21-18(27)19-10-11-3-5-12(6-4-11)17(25)26/h3-8,13,16H,9-10H2,1-2H3,(H,25,26)(H2,19,21,27)/t13-,16-/m1/s1. The molecule has 1 fully saturated rings. The summed E-state index contributed by atoms with van der Waals surface area (Å²) in [4.78, 5) is 36.9. The highest BCUT2D eigenvalue weighted by molar-refractivity contribution is 5.87. The molecule has 3 amide bonds. The fourth-order valence-corrected chi connectivity index (χ4v) is 3.24. The second kappa shape index (κ2) is 7.48. The Morgan fingerprint density at radius 3 is 2.52 bits per heavy atom. The van der Waals surface area contributed by atoms with E-state index in [1.54, 1.807) is 42.0 Å². The zero-order valence-electron chi connectivity index (χ0n) is 15.0. The molecular formula is C18H21N5O4. The number of nitrogens with one attached hydrogen (secondary N) is 2. The van der Waals surface area contributed by atoms with Crippen LogP contribution in [0.1, 0.15) is 34.1 Å². The lowest BCUT2D eigenvalue weighted by Gasteiger charge is -2.25. The number of carboxylic acid groups (broad SMARTS) is 1. The van der Waals surface area contributed by atoms with E-state index in [4.69, 9.17) is 5.11 Å². The predicted molar refractivity (Wildman–Crippen MR) is 95.9 cm³/mol. The second-order valence-corrected chi connectivity index (χ2v) is 6.47. The van der Waals surface area contributed by atoms with E-state index in [0.717, 1.165) is 11.3 Å². The van der Waals surface area contributed by atoms with E-state index in [2.05, 4.69) is 15.7 Å². The molecule has 1 saturated heterocycles. The summed E-state index contributed by atoms with van der Waals surface area (Å²) in [6.45, 7) is 0.249. The smallest absolute Gasteiger partial charge is 0.335 e. The third-order valence-corrected chi connectivity index (χ3v) is 4.72. The molecule has 27 heavy (non-hydrogen) atoms. The van der Waals surface area contributed by atoms with E-state index in [-0.39, 0.29) is 36.5 Å². The monoisotopic (exact) mass is 371 g/mol. The molecule has 9 nitrogen and oxygen atoms in total. The van der Waals surface area contributed by atoms with Gasteiger partial charge in [-0.1, -0.05) is 12.1 Å². The number of benzene rings is 1. The lowest BCUT2D eigenvalue weighted by Crippen LogP contribution is -2.44. The van der Waals surface area contributed by atoms with Gasteiger partial charge in [-0.25, -0.2) is 9.59 Å². The fraction of sp³-hybridized carbons (Fsp3) is 0.333. The Bertz CT molecular complexity index is 861. The van der Waals surface area contributed by atoms with Crippen LogP contribution in [0.15, 0.2) is 36.5 Å². The van der Waals surface area contributed by atoms with Crippen molar-refractivity contribution < 1.29 is 19.5 Å². The highest BCUT2D eigenvalue weighted by Gasteiger charge is 2.40. The summed E-state index contributed by atoms with van der Waals surface area (Å²) in [5, 5.41) is 18.6. The minimum Gasteiger partial charge on any atom is -0.478 e. The van der Waals surface area contributed by atoms with Crippen molar-refractivity contribution >= 4 is 17.9 Å². The Morgan fingerprint density at radius 2 is 1.93 bits per heavy atom. The van der Waals surface area contributed by atoms with E-state index in [9.17, 15) is 14.4 Å². The predicted octanol–water partition coefficient (Wildman–Crippen LogP) is 0.889. The van der Waals surface area contributed by atoms with E-state index in [1.165, 1.54) is 12.1 Å². The summed E-state index contributed by atoms with van der Waals surface area (Å²) in [6, 6.07) is 7.05. The number of carbonyl (C=O) groups excluding carboxylic acids is 2. The average Bonchev–Trinajstić information content (AvgIpc) is 3.16.